The molecule has 0 aliphatic carbocycles. The Morgan fingerprint density at radius 1 is 0.875 bits per heavy atom. The van der Waals surface area contributed by atoms with E-state index in [1.54, 1.807) is 0 Å². The number of hydrogen-bond donors (Lipinski definition) is 3. The maximum Gasteiger partial charge on any atom is 0.147 e. The quantitative estimate of drug-likeness (QED) is 0.636. The average molecular weight is 216 g/mol. The summed E-state index contributed by atoms with van der Waals surface area (Å²) in [5.74, 6) is 2.30. The highest BCUT2D eigenvalue weighted by atomic mass is 15.3. The summed E-state index contributed by atoms with van der Waals surface area (Å²) in [5.41, 5.74) is 1.24. The summed E-state index contributed by atoms with van der Waals surface area (Å²) in [6, 6.07) is 10.5. The third-order valence-electron chi connectivity index (χ3n) is 2.93. The van der Waals surface area contributed by atoms with Gasteiger partial charge in [0.25, 0.3) is 0 Å². The molecule has 0 bridgehead atoms. The minimum absolute atomic E-state index is 0.997. The number of nitrogens with zero attached hydrogens (tertiary/aromatic N) is 1. The summed E-state index contributed by atoms with van der Waals surface area (Å²) in [7, 11) is 0. The highest BCUT2D eigenvalue weighted by Gasteiger charge is 2.23. The normalized spacial score (nSPS) is 19.4. The van der Waals surface area contributed by atoms with Crippen LogP contribution in [0.3, 0.4) is 0 Å². The Balaban J connectivity index is 1.93. The lowest BCUT2D eigenvalue weighted by Crippen LogP contribution is -2.27. The number of hydrogen-bond acceptors (Lipinski definition) is 4. The zero-order chi connectivity index (χ0) is 10.8. The van der Waals surface area contributed by atoms with Crippen LogP contribution in [0.25, 0.3) is 0 Å². The van der Waals surface area contributed by atoms with Gasteiger partial charge in [-0.25, -0.2) is 0 Å². The Hall–Kier alpha value is -1.84. The number of rotatable bonds is 1. The Labute approximate surface area is 95.3 Å². The van der Waals surface area contributed by atoms with E-state index >= 15 is 0 Å². The molecule has 3 rings (SSSR count). The average Bonchev–Trinajstić information content (AvgIpc) is 3.01. The maximum atomic E-state index is 3.43. The van der Waals surface area contributed by atoms with Crippen LogP contribution < -0.4 is 20.9 Å². The van der Waals surface area contributed by atoms with E-state index in [0.717, 1.165) is 32.0 Å². The van der Waals surface area contributed by atoms with Gasteiger partial charge in [-0.05, 0) is 12.1 Å². The highest BCUT2D eigenvalue weighted by molar-refractivity contribution is 5.53. The van der Waals surface area contributed by atoms with Crippen molar-refractivity contribution in [1.82, 2.24) is 16.0 Å². The van der Waals surface area contributed by atoms with E-state index in [4.69, 9.17) is 0 Å². The van der Waals surface area contributed by atoms with E-state index in [2.05, 4.69) is 45.1 Å². The van der Waals surface area contributed by atoms with Crippen LogP contribution in [0.5, 0.6) is 0 Å². The zero-order valence-electron chi connectivity index (χ0n) is 9.16. The lowest BCUT2D eigenvalue weighted by atomic mass is 10.3. The third kappa shape index (κ3) is 1.56. The fourth-order valence-electron chi connectivity index (χ4n) is 2.19. The first-order valence-electron chi connectivity index (χ1n) is 5.73. The second kappa shape index (κ2) is 3.96. The van der Waals surface area contributed by atoms with E-state index in [0.29, 0.717) is 0 Å². The first-order chi connectivity index (χ1) is 7.95. The SMILES string of the molecule is c1ccc(N2CCNC2=C2NCCN2)cc1. The Morgan fingerprint density at radius 2 is 1.62 bits per heavy atom. The predicted octanol–water partition coefficient (Wildman–Crippen LogP) is 0.416. The van der Waals surface area contributed by atoms with Gasteiger partial charge in [0.2, 0.25) is 0 Å². The van der Waals surface area contributed by atoms with Crippen LogP contribution in [-0.2, 0) is 0 Å². The predicted molar refractivity (Wildman–Crippen MR) is 64.8 cm³/mol. The Kier molecular flexibility index (Phi) is 2.33. The topological polar surface area (TPSA) is 39.3 Å². The molecule has 2 aliphatic heterocycles. The Morgan fingerprint density at radius 3 is 2.38 bits per heavy atom. The van der Waals surface area contributed by atoms with E-state index < -0.39 is 0 Å². The lowest BCUT2D eigenvalue weighted by Gasteiger charge is -2.20. The second-order valence-electron chi connectivity index (χ2n) is 3.99. The summed E-state index contributed by atoms with van der Waals surface area (Å²) < 4.78 is 0. The first kappa shape index (κ1) is 9.39. The monoisotopic (exact) mass is 216 g/mol. The lowest BCUT2D eigenvalue weighted by molar-refractivity contribution is 0.847. The van der Waals surface area contributed by atoms with Crippen LogP contribution in [0, 0.1) is 0 Å². The van der Waals surface area contributed by atoms with Gasteiger partial charge in [0, 0.05) is 31.9 Å². The van der Waals surface area contributed by atoms with Gasteiger partial charge in [0.15, 0.2) is 0 Å². The van der Waals surface area contributed by atoms with Crippen molar-refractivity contribution in [3.63, 3.8) is 0 Å². The number of nitrogens with one attached hydrogen (secondary N) is 3. The molecule has 1 aromatic carbocycles. The van der Waals surface area contributed by atoms with E-state index in [-0.39, 0.29) is 0 Å². The highest BCUT2D eigenvalue weighted by Crippen LogP contribution is 2.21. The van der Waals surface area contributed by atoms with Gasteiger partial charge in [-0.2, -0.15) is 0 Å². The molecule has 0 saturated carbocycles. The minimum Gasteiger partial charge on any atom is -0.367 e. The molecule has 0 unspecified atom stereocenters. The molecule has 2 fully saturated rings. The number of benzene rings is 1. The zero-order valence-corrected chi connectivity index (χ0v) is 9.16. The summed E-state index contributed by atoms with van der Waals surface area (Å²) in [6.45, 7) is 4.02. The third-order valence-corrected chi connectivity index (χ3v) is 2.93. The minimum atomic E-state index is 0.997. The van der Waals surface area contributed by atoms with Crippen molar-refractivity contribution in [1.29, 1.82) is 0 Å². The number of anilines is 1. The molecular formula is C12H16N4. The molecule has 3 N–H and O–H groups in total. The van der Waals surface area contributed by atoms with Crippen molar-refractivity contribution in [2.75, 3.05) is 31.1 Å². The molecule has 2 heterocycles. The van der Waals surface area contributed by atoms with E-state index in [1.165, 1.54) is 11.5 Å². The Bertz CT molecular complexity index is 391. The van der Waals surface area contributed by atoms with E-state index in [1.807, 2.05) is 6.07 Å². The van der Waals surface area contributed by atoms with Crippen molar-refractivity contribution < 1.29 is 0 Å². The largest absolute Gasteiger partial charge is 0.367 e. The summed E-state index contributed by atoms with van der Waals surface area (Å²) in [6.07, 6.45) is 0. The standard InChI is InChI=1S/C12H16N4/c1-2-4-10(5-3-1)16-9-8-15-12(16)11-13-6-7-14-11/h1-5,13-15H,6-9H2. The molecule has 0 atom stereocenters. The van der Waals surface area contributed by atoms with Gasteiger partial charge in [0.05, 0.1) is 0 Å². The molecule has 84 valence electrons. The molecule has 2 aliphatic rings. The van der Waals surface area contributed by atoms with Crippen LogP contribution in [0.15, 0.2) is 42.0 Å². The van der Waals surface area contributed by atoms with Crippen LogP contribution >= 0.6 is 0 Å². The molecule has 4 nitrogen and oxygen atoms in total. The van der Waals surface area contributed by atoms with Crippen molar-refractivity contribution >= 4 is 5.69 Å². The van der Waals surface area contributed by atoms with Crippen LogP contribution in [-0.4, -0.2) is 26.2 Å². The molecular weight excluding hydrogens is 200 g/mol. The van der Waals surface area contributed by atoms with Gasteiger partial charge in [-0.1, -0.05) is 18.2 Å². The molecule has 1 aromatic rings. The molecule has 16 heavy (non-hydrogen) atoms. The van der Waals surface area contributed by atoms with Crippen LogP contribution in [0.4, 0.5) is 5.69 Å². The van der Waals surface area contributed by atoms with Crippen LogP contribution in [0.2, 0.25) is 0 Å². The van der Waals surface area contributed by atoms with E-state index in [9.17, 15) is 0 Å². The second-order valence-corrected chi connectivity index (χ2v) is 3.99. The summed E-state index contributed by atoms with van der Waals surface area (Å²) in [5, 5.41) is 10.2. The van der Waals surface area contributed by atoms with Gasteiger partial charge < -0.3 is 20.9 Å². The fourth-order valence-corrected chi connectivity index (χ4v) is 2.19. The fraction of sp³-hybridized carbons (Fsp3) is 0.333. The molecule has 2 saturated heterocycles. The van der Waals surface area contributed by atoms with Crippen molar-refractivity contribution in [2.45, 2.75) is 0 Å². The van der Waals surface area contributed by atoms with Crippen molar-refractivity contribution in [3.05, 3.63) is 42.0 Å². The van der Waals surface area contributed by atoms with Crippen molar-refractivity contribution in [3.8, 4) is 0 Å². The van der Waals surface area contributed by atoms with Gasteiger partial charge in [0.1, 0.15) is 11.6 Å². The summed E-state index contributed by atoms with van der Waals surface area (Å²) in [4.78, 5) is 2.31. The molecule has 0 amide bonds. The van der Waals surface area contributed by atoms with Gasteiger partial charge >= 0.3 is 0 Å². The van der Waals surface area contributed by atoms with Crippen molar-refractivity contribution in [2.24, 2.45) is 0 Å². The number of para-hydroxylation sites is 1. The maximum absolute atomic E-state index is 3.43. The first-order valence-corrected chi connectivity index (χ1v) is 5.73. The summed E-state index contributed by atoms with van der Waals surface area (Å²) >= 11 is 0. The van der Waals surface area contributed by atoms with Crippen LogP contribution in [0.1, 0.15) is 0 Å². The molecule has 0 radical (unpaired) electrons. The molecule has 4 heteroatoms. The smallest absolute Gasteiger partial charge is 0.147 e. The van der Waals surface area contributed by atoms with Gasteiger partial charge in [-0.3, -0.25) is 0 Å². The molecule has 0 aromatic heterocycles. The molecule has 0 spiro atoms. The van der Waals surface area contributed by atoms with Gasteiger partial charge in [-0.15, -0.1) is 0 Å².